The summed E-state index contributed by atoms with van der Waals surface area (Å²) in [5.41, 5.74) is 0. The molecule has 0 heterocycles. The summed E-state index contributed by atoms with van der Waals surface area (Å²) in [6, 6.07) is 0.538. The zero-order valence-electron chi connectivity index (χ0n) is 7.43. The predicted octanol–water partition coefficient (Wildman–Crippen LogP) is 3.05. The molecule has 1 atom stereocenters. The van der Waals surface area contributed by atoms with Crippen LogP contribution >= 0.6 is 0 Å². The van der Waals surface area contributed by atoms with Crippen molar-refractivity contribution in [1.29, 1.82) is 0 Å². The average molecular weight is 141 g/mol. The Hall–Kier alpha value is -0.330. The number of nitrogens with zero attached hydrogens (tertiary/aromatic N) is 1. The molecule has 0 N–H and O–H groups in total. The van der Waals surface area contributed by atoms with Gasteiger partial charge < -0.3 is 0 Å². The molecule has 0 aliphatic rings. The van der Waals surface area contributed by atoms with E-state index in [1.54, 1.807) is 0 Å². The number of unbranched alkanes of at least 4 members (excludes halogenated alkanes) is 1. The van der Waals surface area contributed by atoms with Crippen LogP contribution in [-0.4, -0.2) is 12.3 Å². The lowest BCUT2D eigenvalue weighted by Crippen LogP contribution is -1.96. The summed E-state index contributed by atoms with van der Waals surface area (Å²) in [5, 5.41) is 0. The summed E-state index contributed by atoms with van der Waals surface area (Å²) < 4.78 is 0. The first kappa shape index (κ1) is 9.67. The van der Waals surface area contributed by atoms with E-state index in [-0.39, 0.29) is 0 Å². The maximum absolute atomic E-state index is 4.38. The van der Waals surface area contributed by atoms with E-state index in [4.69, 9.17) is 0 Å². The summed E-state index contributed by atoms with van der Waals surface area (Å²) in [6.45, 7) is 6.55. The van der Waals surface area contributed by atoms with Crippen molar-refractivity contribution in [2.45, 2.75) is 52.5 Å². The molecule has 0 fully saturated rings. The molecule has 0 aromatic heterocycles. The molecule has 0 radical (unpaired) electrons. The normalized spacial score (nSPS) is 14.3. The van der Waals surface area contributed by atoms with Crippen LogP contribution in [0.1, 0.15) is 46.5 Å². The molecule has 0 aromatic carbocycles. The Labute approximate surface area is 64.6 Å². The summed E-state index contributed by atoms with van der Waals surface area (Å²) in [4.78, 5) is 4.38. The van der Waals surface area contributed by atoms with Gasteiger partial charge in [0.15, 0.2) is 0 Å². The van der Waals surface area contributed by atoms with Gasteiger partial charge >= 0.3 is 0 Å². The highest BCUT2D eigenvalue weighted by Crippen LogP contribution is 1.99. The summed E-state index contributed by atoms with van der Waals surface area (Å²) in [5.74, 6) is 0. The number of rotatable bonds is 5. The quantitative estimate of drug-likeness (QED) is 0.522. The largest absolute Gasteiger partial charge is 0.295 e. The first-order valence-electron chi connectivity index (χ1n) is 4.32. The maximum atomic E-state index is 4.38. The molecule has 0 saturated carbocycles. The number of hydrogen-bond donors (Lipinski definition) is 0. The molecule has 0 amide bonds. The van der Waals surface area contributed by atoms with Gasteiger partial charge in [0.2, 0.25) is 0 Å². The Morgan fingerprint density at radius 1 is 1.30 bits per heavy atom. The van der Waals surface area contributed by atoms with Crippen molar-refractivity contribution < 1.29 is 0 Å². The molecular formula is C9H19N. The molecule has 0 bridgehead atoms. The third-order valence-electron chi connectivity index (χ3n) is 1.48. The number of aliphatic imine (C=N–C) groups is 1. The van der Waals surface area contributed by atoms with Crippen molar-refractivity contribution >= 4 is 6.21 Å². The summed E-state index contributed by atoms with van der Waals surface area (Å²) in [7, 11) is 0. The second-order valence-corrected chi connectivity index (χ2v) is 2.76. The summed E-state index contributed by atoms with van der Waals surface area (Å²) in [6.07, 6.45) is 6.86. The lowest BCUT2D eigenvalue weighted by molar-refractivity contribution is 0.655. The molecule has 60 valence electrons. The Morgan fingerprint density at radius 3 is 2.50 bits per heavy atom. The number of hydrogen-bond acceptors (Lipinski definition) is 1. The van der Waals surface area contributed by atoms with Gasteiger partial charge in [0, 0.05) is 6.04 Å². The molecule has 10 heavy (non-hydrogen) atoms. The fourth-order valence-electron chi connectivity index (χ4n) is 0.876. The third-order valence-corrected chi connectivity index (χ3v) is 1.48. The molecule has 0 aliphatic carbocycles. The Balaban J connectivity index is 3.26. The van der Waals surface area contributed by atoms with Crippen molar-refractivity contribution in [3.8, 4) is 0 Å². The van der Waals surface area contributed by atoms with Gasteiger partial charge in [-0.15, -0.1) is 0 Å². The highest BCUT2D eigenvalue weighted by atomic mass is 14.7. The van der Waals surface area contributed by atoms with Crippen molar-refractivity contribution in [1.82, 2.24) is 0 Å². The lowest BCUT2D eigenvalue weighted by atomic mass is 10.2. The highest BCUT2D eigenvalue weighted by molar-refractivity contribution is 5.57. The molecule has 0 aliphatic heterocycles. The van der Waals surface area contributed by atoms with Gasteiger partial charge in [-0.1, -0.05) is 26.7 Å². The molecule has 1 unspecified atom stereocenters. The topological polar surface area (TPSA) is 12.4 Å². The Bertz CT molecular complexity index is 86.7. The van der Waals surface area contributed by atoms with E-state index in [0.29, 0.717) is 6.04 Å². The van der Waals surface area contributed by atoms with E-state index < -0.39 is 0 Å². The molecule has 1 heteroatoms. The zero-order valence-corrected chi connectivity index (χ0v) is 7.43. The van der Waals surface area contributed by atoms with Crippen LogP contribution in [0.4, 0.5) is 0 Å². The van der Waals surface area contributed by atoms with E-state index >= 15 is 0 Å². The monoisotopic (exact) mass is 141 g/mol. The van der Waals surface area contributed by atoms with Gasteiger partial charge in [0.05, 0.1) is 0 Å². The first-order valence-corrected chi connectivity index (χ1v) is 4.32. The first-order chi connectivity index (χ1) is 4.81. The van der Waals surface area contributed by atoms with E-state index in [1.165, 1.54) is 19.3 Å². The predicted molar refractivity (Wildman–Crippen MR) is 47.8 cm³/mol. The molecule has 0 spiro atoms. The molecule has 0 rings (SSSR count). The minimum absolute atomic E-state index is 0.538. The smallest absolute Gasteiger partial charge is 0.0467 e. The van der Waals surface area contributed by atoms with Crippen molar-refractivity contribution in [3.63, 3.8) is 0 Å². The van der Waals surface area contributed by atoms with Crippen LogP contribution in [0.2, 0.25) is 0 Å². The van der Waals surface area contributed by atoms with Gasteiger partial charge in [-0.3, -0.25) is 4.99 Å². The minimum Gasteiger partial charge on any atom is -0.295 e. The third kappa shape index (κ3) is 5.80. The second-order valence-electron chi connectivity index (χ2n) is 2.76. The van der Waals surface area contributed by atoms with Crippen molar-refractivity contribution in [2.75, 3.05) is 0 Å². The maximum Gasteiger partial charge on any atom is 0.0467 e. The van der Waals surface area contributed by atoms with Crippen LogP contribution in [0.15, 0.2) is 4.99 Å². The molecule has 0 saturated heterocycles. The minimum atomic E-state index is 0.538. The van der Waals surface area contributed by atoms with Gasteiger partial charge in [0.25, 0.3) is 0 Å². The van der Waals surface area contributed by atoms with Gasteiger partial charge in [-0.2, -0.15) is 0 Å². The van der Waals surface area contributed by atoms with Crippen molar-refractivity contribution in [3.05, 3.63) is 0 Å². The van der Waals surface area contributed by atoms with E-state index in [2.05, 4.69) is 32.0 Å². The van der Waals surface area contributed by atoms with Crippen LogP contribution in [0.3, 0.4) is 0 Å². The average Bonchev–Trinajstić information content (AvgIpc) is 1.89. The van der Waals surface area contributed by atoms with Gasteiger partial charge in [-0.05, 0) is 26.0 Å². The van der Waals surface area contributed by atoms with Gasteiger partial charge in [-0.25, -0.2) is 0 Å². The fourth-order valence-corrected chi connectivity index (χ4v) is 0.876. The van der Waals surface area contributed by atoms with E-state index in [1.807, 2.05) is 0 Å². The molecule has 0 aromatic rings. The Morgan fingerprint density at radius 2 is 2.00 bits per heavy atom. The van der Waals surface area contributed by atoms with E-state index in [0.717, 1.165) is 6.42 Å². The van der Waals surface area contributed by atoms with Gasteiger partial charge in [0.1, 0.15) is 0 Å². The SMILES string of the molecule is CCCC=NC(C)CCC. The van der Waals surface area contributed by atoms with Crippen LogP contribution in [0.25, 0.3) is 0 Å². The van der Waals surface area contributed by atoms with Crippen LogP contribution in [-0.2, 0) is 0 Å². The second kappa shape index (κ2) is 6.79. The summed E-state index contributed by atoms with van der Waals surface area (Å²) >= 11 is 0. The molecular weight excluding hydrogens is 122 g/mol. The fraction of sp³-hybridized carbons (Fsp3) is 0.889. The van der Waals surface area contributed by atoms with Crippen molar-refractivity contribution in [2.24, 2.45) is 4.99 Å². The Kier molecular flexibility index (Phi) is 6.56. The zero-order chi connectivity index (χ0) is 7.82. The molecule has 1 nitrogen and oxygen atoms in total. The van der Waals surface area contributed by atoms with E-state index in [9.17, 15) is 0 Å². The lowest BCUT2D eigenvalue weighted by Gasteiger charge is -2.01. The van der Waals surface area contributed by atoms with Crippen LogP contribution in [0, 0.1) is 0 Å². The van der Waals surface area contributed by atoms with Crippen LogP contribution < -0.4 is 0 Å². The van der Waals surface area contributed by atoms with Crippen LogP contribution in [0.5, 0.6) is 0 Å². The highest BCUT2D eigenvalue weighted by Gasteiger charge is 1.92. The standard InChI is InChI=1S/C9H19N/c1-4-6-8-10-9(3)7-5-2/h8-9H,4-7H2,1-3H3.